The number of primary amides is 1. The quantitative estimate of drug-likeness (QED) is 0.791. The van der Waals surface area contributed by atoms with E-state index in [9.17, 15) is 4.79 Å². The Kier molecular flexibility index (Phi) is 4.28. The van der Waals surface area contributed by atoms with Crippen molar-refractivity contribution in [2.45, 2.75) is 63.5 Å². The number of likely N-dealkylation sites (tertiary alicyclic amines) is 1. The summed E-state index contributed by atoms with van der Waals surface area (Å²) < 4.78 is 0. The molecule has 104 valence electrons. The van der Waals surface area contributed by atoms with E-state index in [-0.39, 0.29) is 5.91 Å². The highest BCUT2D eigenvalue weighted by Gasteiger charge is 2.34. The van der Waals surface area contributed by atoms with Crippen molar-refractivity contribution >= 4 is 5.91 Å². The molecule has 4 nitrogen and oxygen atoms in total. The zero-order chi connectivity index (χ0) is 13.2. The lowest BCUT2D eigenvalue weighted by atomic mass is 9.78. The maximum atomic E-state index is 11.3. The van der Waals surface area contributed by atoms with Gasteiger partial charge in [0.2, 0.25) is 5.91 Å². The van der Waals surface area contributed by atoms with Crippen LogP contribution < -0.4 is 11.5 Å². The van der Waals surface area contributed by atoms with Gasteiger partial charge in [-0.25, -0.2) is 0 Å². The Balaban J connectivity index is 1.90. The van der Waals surface area contributed by atoms with Crippen LogP contribution in [0.2, 0.25) is 0 Å². The van der Waals surface area contributed by atoms with Crippen LogP contribution in [0.1, 0.15) is 51.9 Å². The molecule has 1 heterocycles. The summed E-state index contributed by atoms with van der Waals surface area (Å²) in [6.45, 7) is 3.82. The molecule has 0 aromatic rings. The van der Waals surface area contributed by atoms with Gasteiger partial charge in [-0.15, -0.1) is 0 Å². The van der Waals surface area contributed by atoms with Crippen molar-refractivity contribution in [1.29, 1.82) is 0 Å². The molecule has 1 amide bonds. The molecular weight excluding hydrogens is 226 g/mol. The maximum Gasteiger partial charge on any atom is 0.237 e. The highest BCUT2D eigenvalue weighted by atomic mass is 16.1. The predicted octanol–water partition coefficient (Wildman–Crippen LogP) is 1.23. The first-order chi connectivity index (χ1) is 8.50. The van der Waals surface area contributed by atoms with Crippen molar-refractivity contribution in [2.75, 3.05) is 13.1 Å². The van der Waals surface area contributed by atoms with Gasteiger partial charge in [-0.1, -0.05) is 12.8 Å². The molecule has 3 atom stereocenters. The molecule has 0 aromatic carbocycles. The molecule has 3 unspecified atom stereocenters. The zero-order valence-corrected chi connectivity index (χ0v) is 11.5. The van der Waals surface area contributed by atoms with Crippen LogP contribution in [0.4, 0.5) is 0 Å². The summed E-state index contributed by atoms with van der Waals surface area (Å²) in [5.41, 5.74) is 10.4. The minimum absolute atomic E-state index is 0.389. The first-order valence-corrected chi connectivity index (χ1v) is 7.33. The van der Waals surface area contributed by atoms with E-state index in [1.165, 1.54) is 38.5 Å². The Hall–Kier alpha value is -0.610. The zero-order valence-electron chi connectivity index (χ0n) is 11.5. The molecule has 2 aliphatic rings. The predicted molar refractivity (Wildman–Crippen MR) is 73.0 cm³/mol. The first-order valence-electron chi connectivity index (χ1n) is 7.33. The topological polar surface area (TPSA) is 72.3 Å². The van der Waals surface area contributed by atoms with Gasteiger partial charge in [0, 0.05) is 12.6 Å². The summed E-state index contributed by atoms with van der Waals surface area (Å²) in [5, 5.41) is 0. The second kappa shape index (κ2) is 5.57. The summed E-state index contributed by atoms with van der Waals surface area (Å²) in [6.07, 6.45) is 8.80. The highest BCUT2D eigenvalue weighted by molar-refractivity contribution is 5.83. The standard InChI is InChI=1S/C14H27N3O/c1-14(16,13(15)18)8-10-17-9-4-6-11-5-2-3-7-12(11)17/h11-12H,2-10,16H2,1H3,(H2,15,18). The van der Waals surface area contributed by atoms with Crippen LogP contribution in [-0.4, -0.2) is 35.5 Å². The van der Waals surface area contributed by atoms with Crippen molar-refractivity contribution in [1.82, 2.24) is 4.90 Å². The van der Waals surface area contributed by atoms with E-state index in [0.29, 0.717) is 6.42 Å². The molecular formula is C14H27N3O. The van der Waals surface area contributed by atoms with Crippen molar-refractivity contribution in [2.24, 2.45) is 17.4 Å². The second-order valence-corrected chi connectivity index (χ2v) is 6.32. The van der Waals surface area contributed by atoms with Crippen molar-refractivity contribution in [3.05, 3.63) is 0 Å². The molecule has 0 bridgehead atoms. The highest BCUT2D eigenvalue weighted by Crippen LogP contribution is 2.35. The number of carbonyl (C=O) groups excluding carboxylic acids is 1. The molecule has 1 saturated carbocycles. The van der Waals surface area contributed by atoms with Gasteiger partial charge < -0.3 is 16.4 Å². The summed E-state index contributed by atoms with van der Waals surface area (Å²) in [4.78, 5) is 13.8. The Morgan fingerprint density at radius 1 is 1.28 bits per heavy atom. The number of piperidine rings is 1. The third-order valence-electron chi connectivity index (χ3n) is 4.84. The molecule has 4 N–H and O–H groups in total. The SMILES string of the molecule is CC(N)(CCN1CCCC2CCCCC21)C(N)=O. The summed E-state index contributed by atoms with van der Waals surface area (Å²) in [5.74, 6) is 0.491. The van der Waals surface area contributed by atoms with Crippen LogP contribution in [0.3, 0.4) is 0 Å². The van der Waals surface area contributed by atoms with Gasteiger partial charge in [-0.3, -0.25) is 4.79 Å². The lowest BCUT2D eigenvalue weighted by Crippen LogP contribution is -2.53. The van der Waals surface area contributed by atoms with E-state index >= 15 is 0 Å². The van der Waals surface area contributed by atoms with E-state index in [2.05, 4.69) is 4.90 Å². The van der Waals surface area contributed by atoms with Gasteiger partial charge in [0.05, 0.1) is 5.54 Å². The third kappa shape index (κ3) is 3.04. The molecule has 0 spiro atoms. The van der Waals surface area contributed by atoms with Crippen LogP contribution in [0.25, 0.3) is 0 Å². The van der Waals surface area contributed by atoms with Crippen LogP contribution in [0.15, 0.2) is 0 Å². The number of hydrogen-bond donors (Lipinski definition) is 2. The molecule has 18 heavy (non-hydrogen) atoms. The van der Waals surface area contributed by atoms with E-state index < -0.39 is 5.54 Å². The van der Waals surface area contributed by atoms with Crippen LogP contribution in [0.5, 0.6) is 0 Å². The molecule has 0 aromatic heterocycles. The summed E-state index contributed by atoms with van der Waals surface area (Å²) in [6, 6.07) is 0.733. The van der Waals surface area contributed by atoms with Gasteiger partial charge in [0.15, 0.2) is 0 Å². The van der Waals surface area contributed by atoms with Gasteiger partial charge >= 0.3 is 0 Å². The monoisotopic (exact) mass is 253 g/mol. The lowest BCUT2D eigenvalue weighted by Gasteiger charge is -2.44. The van der Waals surface area contributed by atoms with Gasteiger partial charge in [-0.05, 0) is 51.5 Å². The van der Waals surface area contributed by atoms with Gasteiger partial charge in [0.25, 0.3) is 0 Å². The van der Waals surface area contributed by atoms with Crippen LogP contribution >= 0.6 is 0 Å². The fourth-order valence-electron chi connectivity index (χ4n) is 3.50. The smallest absolute Gasteiger partial charge is 0.237 e. The number of fused-ring (bicyclic) bond motifs is 1. The van der Waals surface area contributed by atoms with Gasteiger partial charge in [-0.2, -0.15) is 0 Å². The number of rotatable bonds is 4. The maximum absolute atomic E-state index is 11.3. The second-order valence-electron chi connectivity index (χ2n) is 6.32. The fraction of sp³-hybridized carbons (Fsp3) is 0.929. The van der Waals surface area contributed by atoms with E-state index in [0.717, 1.165) is 25.0 Å². The number of nitrogens with two attached hydrogens (primary N) is 2. The number of hydrogen-bond acceptors (Lipinski definition) is 3. The Morgan fingerprint density at radius 2 is 1.94 bits per heavy atom. The normalized spacial score (nSPS) is 32.6. The lowest BCUT2D eigenvalue weighted by molar-refractivity contribution is -0.123. The summed E-state index contributed by atoms with van der Waals surface area (Å²) in [7, 11) is 0. The largest absolute Gasteiger partial charge is 0.368 e. The molecule has 1 saturated heterocycles. The van der Waals surface area contributed by atoms with Crippen molar-refractivity contribution < 1.29 is 4.79 Å². The fourth-order valence-corrected chi connectivity index (χ4v) is 3.50. The first kappa shape index (κ1) is 13.8. The molecule has 0 radical (unpaired) electrons. The van der Waals surface area contributed by atoms with Crippen LogP contribution in [-0.2, 0) is 4.79 Å². The minimum Gasteiger partial charge on any atom is -0.368 e. The van der Waals surface area contributed by atoms with E-state index in [4.69, 9.17) is 11.5 Å². The average Bonchev–Trinajstić information content (AvgIpc) is 2.36. The van der Waals surface area contributed by atoms with Crippen molar-refractivity contribution in [3.8, 4) is 0 Å². The third-order valence-corrected chi connectivity index (χ3v) is 4.84. The Bertz CT molecular complexity index is 301. The molecule has 4 heteroatoms. The number of nitrogens with zero attached hydrogens (tertiary/aromatic N) is 1. The van der Waals surface area contributed by atoms with E-state index in [1.54, 1.807) is 6.92 Å². The minimum atomic E-state index is -0.860. The molecule has 2 fully saturated rings. The van der Waals surface area contributed by atoms with Crippen molar-refractivity contribution in [3.63, 3.8) is 0 Å². The number of carbonyl (C=O) groups is 1. The van der Waals surface area contributed by atoms with Gasteiger partial charge in [0.1, 0.15) is 0 Å². The molecule has 1 aliphatic heterocycles. The van der Waals surface area contributed by atoms with E-state index in [1.807, 2.05) is 0 Å². The Morgan fingerprint density at radius 3 is 2.67 bits per heavy atom. The molecule has 1 aliphatic carbocycles. The summed E-state index contributed by atoms with van der Waals surface area (Å²) >= 11 is 0. The molecule has 2 rings (SSSR count). The number of amides is 1. The average molecular weight is 253 g/mol. The van der Waals surface area contributed by atoms with Crippen LogP contribution in [0, 0.1) is 5.92 Å². The Labute approximate surface area is 110 Å².